The van der Waals surface area contributed by atoms with Crippen LogP contribution in [0.1, 0.15) is 13.8 Å². The number of benzene rings is 2. The van der Waals surface area contributed by atoms with Crippen LogP contribution >= 0.6 is 0 Å². The van der Waals surface area contributed by atoms with Gasteiger partial charge in [-0.25, -0.2) is 9.97 Å². The summed E-state index contributed by atoms with van der Waals surface area (Å²) < 4.78 is 17.4. The number of nitrogens with zero attached hydrogens (tertiary/aromatic N) is 2. The average Bonchev–Trinajstić information content (AvgIpc) is 3.23. The molecular weight excluding hydrogens is 396 g/mol. The van der Waals surface area contributed by atoms with Gasteiger partial charge < -0.3 is 29.6 Å². The van der Waals surface area contributed by atoms with E-state index in [1.807, 2.05) is 44.3 Å². The summed E-state index contributed by atoms with van der Waals surface area (Å²) >= 11 is 0. The Hall–Kier alpha value is -3.36. The highest BCUT2D eigenvalue weighted by Gasteiger charge is 2.15. The van der Waals surface area contributed by atoms with Gasteiger partial charge in [0, 0.05) is 35.8 Å². The molecule has 0 saturated carbocycles. The molecule has 162 valence electrons. The second kappa shape index (κ2) is 9.20. The summed E-state index contributed by atoms with van der Waals surface area (Å²) in [4.78, 5) is 11.8. The van der Waals surface area contributed by atoms with E-state index in [2.05, 4.69) is 20.3 Å². The van der Waals surface area contributed by atoms with E-state index in [-0.39, 0.29) is 12.6 Å². The number of hydrogen-bond acceptors (Lipinski definition) is 7. The number of aliphatic hydroxyl groups is 1. The molecule has 4 rings (SSSR count). The van der Waals surface area contributed by atoms with E-state index in [0.29, 0.717) is 40.6 Å². The van der Waals surface area contributed by atoms with E-state index in [9.17, 15) is 5.11 Å². The van der Waals surface area contributed by atoms with Gasteiger partial charge in [0.25, 0.3) is 0 Å². The first-order valence-corrected chi connectivity index (χ1v) is 10.2. The minimum atomic E-state index is -0.643. The fraction of sp³-hybridized carbons (Fsp3) is 0.304. The van der Waals surface area contributed by atoms with Gasteiger partial charge in [0.2, 0.25) is 5.88 Å². The summed E-state index contributed by atoms with van der Waals surface area (Å²) in [6, 6.07) is 11.6. The summed E-state index contributed by atoms with van der Waals surface area (Å²) in [5, 5.41) is 15.1. The molecule has 2 heterocycles. The minimum absolute atomic E-state index is 0.132. The Labute approximate surface area is 180 Å². The van der Waals surface area contributed by atoms with Crippen LogP contribution in [-0.4, -0.2) is 52.5 Å². The minimum Gasteiger partial charge on any atom is -0.493 e. The van der Waals surface area contributed by atoms with Gasteiger partial charge in [0.1, 0.15) is 24.8 Å². The van der Waals surface area contributed by atoms with Crippen LogP contribution in [0.5, 0.6) is 23.1 Å². The van der Waals surface area contributed by atoms with Crippen LogP contribution < -0.4 is 19.5 Å². The standard InChI is InChI=1S/C23H26N4O4/c1-14(2)25-11-16(28)12-30-22-10-20-18(9-21(22)29-3)23(27-13-26-20)31-17-4-5-19-15(8-17)6-7-24-19/h4-10,13-14,16,24-25,28H,11-12H2,1-3H3. The predicted octanol–water partition coefficient (Wildman–Crippen LogP) is 3.65. The summed E-state index contributed by atoms with van der Waals surface area (Å²) in [7, 11) is 1.56. The Morgan fingerprint density at radius 2 is 1.97 bits per heavy atom. The highest BCUT2D eigenvalue weighted by molar-refractivity contribution is 5.87. The van der Waals surface area contributed by atoms with E-state index < -0.39 is 6.10 Å². The lowest BCUT2D eigenvalue weighted by Crippen LogP contribution is -2.35. The zero-order valence-corrected chi connectivity index (χ0v) is 17.8. The average molecular weight is 422 g/mol. The molecule has 1 unspecified atom stereocenters. The van der Waals surface area contributed by atoms with Crippen molar-refractivity contribution in [3.05, 3.63) is 48.9 Å². The van der Waals surface area contributed by atoms with Crippen molar-refractivity contribution in [1.29, 1.82) is 0 Å². The number of fused-ring (bicyclic) bond motifs is 2. The molecule has 0 bridgehead atoms. The molecule has 0 aliphatic heterocycles. The molecule has 1 atom stereocenters. The van der Waals surface area contributed by atoms with Crippen molar-refractivity contribution in [2.45, 2.75) is 26.0 Å². The van der Waals surface area contributed by atoms with Crippen molar-refractivity contribution in [1.82, 2.24) is 20.3 Å². The SMILES string of the molecule is COc1cc2c(Oc3ccc4[nH]ccc4c3)ncnc2cc1OCC(O)CNC(C)C. The summed E-state index contributed by atoms with van der Waals surface area (Å²) in [6.45, 7) is 4.62. The van der Waals surface area contributed by atoms with Crippen LogP contribution in [0.25, 0.3) is 21.8 Å². The first-order chi connectivity index (χ1) is 15.0. The van der Waals surface area contributed by atoms with Gasteiger partial charge in [-0.3, -0.25) is 0 Å². The molecule has 0 amide bonds. The highest BCUT2D eigenvalue weighted by atomic mass is 16.5. The zero-order valence-electron chi connectivity index (χ0n) is 17.8. The van der Waals surface area contributed by atoms with E-state index in [4.69, 9.17) is 14.2 Å². The summed E-state index contributed by atoms with van der Waals surface area (Å²) in [5.41, 5.74) is 1.69. The first kappa shape index (κ1) is 20.9. The second-order valence-electron chi connectivity index (χ2n) is 7.56. The molecule has 0 spiro atoms. The Balaban J connectivity index is 1.57. The van der Waals surface area contributed by atoms with Gasteiger partial charge in [0.15, 0.2) is 11.5 Å². The van der Waals surface area contributed by atoms with Crippen LogP contribution in [-0.2, 0) is 0 Å². The Morgan fingerprint density at radius 3 is 2.77 bits per heavy atom. The topological polar surface area (TPSA) is 102 Å². The third kappa shape index (κ3) is 4.87. The second-order valence-corrected chi connectivity index (χ2v) is 7.56. The largest absolute Gasteiger partial charge is 0.493 e. The zero-order chi connectivity index (χ0) is 21.8. The van der Waals surface area contributed by atoms with Crippen LogP contribution in [0, 0.1) is 0 Å². The summed E-state index contributed by atoms with van der Waals surface area (Å²) in [6.07, 6.45) is 2.69. The van der Waals surface area contributed by atoms with Crippen molar-refractivity contribution in [3.8, 4) is 23.1 Å². The van der Waals surface area contributed by atoms with Crippen molar-refractivity contribution in [2.75, 3.05) is 20.3 Å². The quantitative estimate of drug-likeness (QED) is 0.378. The molecule has 0 aliphatic carbocycles. The van der Waals surface area contributed by atoms with Gasteiger partial charge in [-0.05, 0) is 30.3 Å². The number of hydrogen-bond donors (Lipinski definition) is 3. The van der Waals surface area contributed by atoms with E-state index >= 15 is 0 Å². The van der Waals surface area contributed by atoms with Gasteiger partial charge in [0.05, 0.1) is 18.0 Å². The fourth-order valence-electron chi connectivity index (χ4n) is 3.22. The van der Waals surface area contributed by atoms with Crippen molar-refractivity contribution in [2.24, 2.45) is 0 Å². The number of aromatic amines is 1. The molecule has 0 saturated heterocycles. The van der Waals surface area contributed by atoms with Gasteiger partial charge in [-0.15, -0.1) is 0 Å². The third-order valence-electron chi connectivity index (χ3n) is 4.82. The molecule has 3 N–H and O–H groups in total. The first-order valence-electron chi connectivity index (χ1n) is 10.2. The number of aliphatic hydroxyl groups excluding tert-OH is 1. The number of methoxy groups -OCH3 is 1. The molecular formula is C23H26N4O4. The summed E-state index contributed by atoms with van der Waals surface area (Å²) in [5.74, 6) is 2.10. The van der Waals surface area contributed by atoms with Gasteiger partial charge >= 0.3 is 0 Å². The number of H-pyrrole nitrogens is 1. The van der Waals surface area contributed by atoms with Gasteiger partial charge in [-0.2, -0.15) is 0 Å². The molecule has 31 heavy (non-hydrogen) atoms. The van der Waals surface area contributed by atoms with Crippen molar-refractivity contribution >= 4 is 21.8 Å². The molecule has 8 heteroatoms. The third-order valence-corrected chi connectivity index (χ3v) is 4.82. The Morgan fingerprint density at radius 1 is 1.10 bits per heavy atom. The number of nitrogens with one attached hydrogen (secondary N) is 2. The van der Waals surface area contributed by atoms with E-state index in [1.165, 1.54) is 6.33 Å². The maximum absolute atomic E-state index is 10.1. The van der Waals surface area contributed by atoms with Crippen molar-refractivity contribution < 1.29 is 19.3 Å². The maximum Gasteiger partial charge on any atom is 0.230 e. The molecule has 2 aromatic heterocycles. The maximum atomic E-state index is 10.1. The Kier molecular flexibility index (Phi) is 6.20. The molecule has 0 fully saturated rings. The molecule has 8 nitrogen and oxygen atoms in total. The van der Waals surface area contributed by atoms with Crippen LogP contribution in [0.4, 0.5) is 0 Å². The van der Waals surface area contributed by atoms with Crippen LogP contribution in [0.2, 0.25) is 0 Å². The number of aromatic nitrogens is 3. The molecule has 2 aromatic carbocycles. The monoisotopic (exact) mass is 422 g/mol. The predicted molar refractivity (Wildman–Crippen MR) is 119 cm³/mol. The molecule has 0 radical (unpaired) electrons. The van der Waals surface area contributed by atoms with Gasteiger partial charge in [-0.1, -0.05) is 13.8 Å². The lowest BCUT2D eigenvalue weighted by molar-refractivity contribution is 0.103. The normalized spacial score (nSPS) is 12.4. The van der Waals surface area contributed by atoms with Crippen LogP contribution in [0.15, 0.2) is 48.9 Å². The number of ether oxygens (including phenoxy) is 3. The number of rotatable bonds is 9. The van der Waals surface area contributed by atoms with Crippen molar-refractivity contribution in [3.63, 3.8) is 0 Å². The molecule has 4 aromatic rings. The smallest absolute Gasteiger partial charge is 0.230 e. The molecule has 0 aliphatic rings. The lowest BCUT2D eigenvalue weighted by Gasteiger charge is -2.17. The van der Waals surface area contributed by atoms with E-state index in [1.54, 1.807) is 19.2 Å². The highest BCUT2D eigenvalue weighted by Crippen LogP contribution is 2.36. The fourth-order valence-corrected chi connectivity index (χ4v) is 3.22. The Bertz CT molecular complexity index is 1170. The van der Waals surface area contributed by atoms with E-state index in [0.717, 1.165) is 10.9 Å². The van der Waals surface area contributed by atoms with Crippen LogP contribution in [0.3, 0.4) is 0 Å². The lowest BCUT2D eigenvalue weighted by atomic mass is 10.2.